The van der Waals surface area contributed by atoms with Crippen LogP contribution in [0.2, 0.25) is 0 Å². The van der Waals surface area contributed by atoms with E-state index in [0.29, 0.717) is 0 Å². The van der Waals surface area contributed by atoms with Gasteiger partial charge in [-0.3, -0.25) is 9.78 Å². The predicted octanol–water partition coefficient (Wildman–Crippen LogP) is 0.796. The zero-order chi connectivity index (χ0) is 10.7. The monoisotopic (exact) mass is 193 g/mol. The molecule has 6 heteroatoms. The van der Waals surface area contributed by atoms with Crippen LogP contribution in [0, 0.1) is 0 Å². The maximum Gasteiger partial charge on any atom is 0.280 e. The number of aromatic amines is 1. The minimum Gasteiger partial charge on any atom is -0.369 e. The zero-order valence-corrected chi connectivity index (χ0v) is 8.03. The first kappa shape index (κ1) is 10.1. The first-order chi connectivity index (χ1) is 6.54. The highest BCUT2D eigenvalue weighted by Crippen LogP contribution is 2.20. The normalized spacial score (nSPS) is 9.57. The van der Waals surface area contributed by atoms with Gasteiger partial charge in [0, 0.05) is 5.71 Å². The molecule has 0 unspecified atom stereocenters. The summed E-state index contributed by atoms with van der Waals surface area (Å²) in [4.78, 5) is 25.1. The minimum atomic E-state index is -0.416. The van der Waals surface area contributed by atoms with Gasteiger partial charge in [-0.25, -0.2) is 9.98 Å². The summed E-state index contributed by atoms with van der Waals surface area (Å²) in [5, 5.41) is 0. The van der Waals surface area contributed by atoms with Crippen molar-refractivity contribution >= 4 is 29.9 Å². The van der Waals surface area contributed by atoms with E-state index in [1.54, 1.807) is 13.8 Å². The molecule has 0 aliphatic carbocycles. The number of nitrogens with one attached hydrogen (secondary N) is 1. The topological polar surface area (TPSA) is 96.5 Å². The minimum absolute atomic E-state index is 0.00473. The number of nitrogen functional groups attached to an aromatic ring is 1. The summed E-state index contributed by atoms with van der Waals surface area (Å²) in [5.74, 6) is 0.151. The summed E-state index contributed by atoms with van der Waals surface area (Å²) in [6, 6.07) is 0. The smallest absolute Gasteiger partial charge is 0.280 e. The first-order valence-electron chi connectivity index (χ1n) is 3.93. The van der Waals surface area contributed by atoms with E-state index >= 15 is 0 Å². The van der Waals surface area contributed by atoms with Crippen LogP contribution in [0.4, 0.5) is 17.5 Å². The van der Waals surface area contributed by atoms with Crippen LogP contribution >= 0.6 is 0 Å². The molecule has 6 nitrogen and oxygen atoms in total. The van der Waals surface area contributed by atoms with Gasteiger partial charge in [0.1, 0.15) is 0 Å². The third-order valence-electron chi connectivity index (χ3n) is 1.38. The molecular weight excluding hydrogens is 182 g/mol. The fourth-order valence-corrected chi connectivity index (χ4v) is 0.907. The molecule has 1 aromatic heterocycles. The highest BCUT2D eigenvalue weighted by molar-refractivity contribution is 5.83. The van der Waals surface area contributed by atoms with E-state index in [0.717, 1.165) is 5.71 Å². The fourth-order valence-electron chi connectivity index (χ4n) is 0.907. The average Bonchev–Trinajstić information content (AvgIpc) is 2.08. The molecule has 0 aliphatic heterocycles. The Morgan fingerprint density at radius 3 is 2.71 bits per heavy atom. The molecule has 0 atom stereocenters. The Morgan fingerprint density at radius 1 is 1.57 bits per heavy atom. The Hall–Kier alpha value is -1.98. The molecule has 1 rings (SSSR count). The highest BCUT2D eigenvalue weighted by Gasteiger charge is 2.07. The largest absolute Gasteiger partial charge is 0.369 e. The molecule has 0 bridgehead atoms. The van der Waals surface area contributed by atoms with E-state index < -0.39 is 5.56 Å². The van der Waals surface area contributed by atoms with Crippen molar-refractivity contribution in [1.82, 2.24) is 9.97 Å². The molecule has 1 aromatic rings. The van der Waals surface area contributed by atoms with Crippen molar-refractivity contribution in [2.24, 2.45) is 9.98 Å². The lowest BCUT2D eigenvalue weighted by Gasteiger charge is -1.99. The molecule has 0 radical (unpaired) electrons. The van der Waals surface area contributed by atoms with Gasteiger partial charge >= 0.3 is 0 Å². The van der Waals surface area contributed by atoms with Crippen molar-refractivity contribution in [3.8, 4) is 0 Å². The van der Waals surface area contributed by atoms with E-state index in [1.807, 2.05) is 0 Å². The quantitative estimate of drug-likeness (QED) is 0.679. The van der Waals surface area contributed by atoms with Crippen LogP contribution in [0.5, 0.6) is 0 Å². The van der Waals surface area contributed by atoms with E-state index in [1.165, 1.54) is 0 Å². The lowest BCUT2D eigenvalue weighted by molar-refractivity contribution is 1.12. The molecule has 1 heterocycles. The van der Waals surface area contributed by atoms with Crippen LogP contribution in [0.1, 0.15) is 13.8 Å². The number of aromatic nitrogens is 2. The lowest BCUT2D eigenvalue weighted by Crippen LogP contribution is -2.10. The van der Waals surface area contributed by atoms with Gasteiger partial charge in [-0.2, -0.15) is 4.98 Å². The fraction of sp³-hybridized carbons (Fsp3) is 0.250. The Labute approximate surface area is 80.6 Å². The average molecular weight is 193 g/mol. The number of aliphatic imine (C=N–C) groups is 2. The van der Waals surface area contributed by atoms with Crippen molar-refractivity contribution < 1.29 is 0 Å². The summed E-state index contributed by atoms with van der Waals surface area (Å²) in [5.41, 5.74) is 5.78. The van der Waals surface area contributed by atoms with Gasteiger partial charge in [-0.1, -0.05) is 0 Å². The van der Waals surface area contributed by atoms with Gasteiger partial charge < -0.3 is 5.73 Å². The summed E-state index contributed by atoms with van der Waals surface area (Å²) in [6.45, 7) is 6.82. The Bertz CT molecular complexity index is 442. The van der Waals surface area contributed by atoms with Gasteiger partial charge in [-0.15, -0.1) is 0 Å². The van der Waals surface area contributed by atoms with Crippen molar-refractivity contribution in [3.63, 3.8) is 0 Å². The van der Waals surface area contributed by atoms with Crippen LogP contribution in [-0.4, -0.2) is 22.4 Å². The molecule has 0 aliphatic rings. The van der Waals surface area contributed by atoms with Gasteiger partial charge in [-0.05, 0) is 20.6 Å². The maximum absolute atomic E-state index is 11.4. The first-order valence-corrected chi connectivity index (χ1v) is 3.93. The number of rotatable bonds is 2. The lowest BCUT2D eigenvalue weighted by atomic mass is 10.4. The molecule has 0 saturated carbocycles. The van der Waals surface area contributed by atoms with E-state index in [-0.39, 0.29) is 17.5 Å². The van der Waals surface area contributed by atoms with Gasteiger partial charge in [0.2, 0.25) is 5.95 Å². The Morgan fingerprint density at radius 2 is 2.21 bits per heavy atom. The molecule has 74 valence electrons. The summed E-state index contributed by atoms with van der Waals surface area (Å²) in [7, 11) is 0. The standard InChI is InChI=1S/C8H11N5O/c1-4(2)11-5-6(10-3)12-8(9)13-7(5)14/h3H2,1-2H3,(H3,9,12,13,14). The summed E-state index contributed by atoms with van der Waals surface area (Å²) >= 11 is 0. The van der Waals surface area contributed by atoms with Crippen LogP contribution in [-0.2, 0) is 0 Å². The van der Waals surface area contributed by atoms with Crippen LogP contribution in [0.25, 0.3) is 0 Å². The van der Waals surface area contributed by atoms with E-state index in [2.05, 4.69) is 26.7 Å². The Balaban J connectivity index is 3.48. The van der Waals surface area contributed by atoms with Crippen molar-refractivity contribution in [2.75, 3.05) is 5.73 Å². The number of anilines is 1. The highest BCUT2D eigenvalue weighted by atomic mass is 16.1. The molecule has 0 fully saturated rings. The van der Waals surface area contributed by atoms with Crippen LogP contribution < -0.4 is 11.3 Å². The molecule has 14 heavy (non-hydrogen) atoms. The molecular formula is C8H11N5O. The zero-order valence-electron chi connectivity index (χ0n) is 8.03. The summed E-state index contributed by atoms with van der Waals surface area (Å²) in [6.07, 6.45) is 0. The maximum atomic E-state index is 11.4. The number of hydrogen-bond acceptors (Lipinski definition) is 5. The predicted molar refractivity (Wildman–Crippen MR) is 56.9 cm³/mol. The van der Waals surface area contributed by atoms with E-state index in [9.17, 15) is 4.79 Å². The second-order valence-corrected chi connectivity index (χ2v) is 2.84. The van der Waals surface area contributed by atoms with Gasteiger partial charge in [0.05, 0.1) is 0 Å². The SMILES string of the molecule is C=Nc1nc(N)[nH]c(=O)c1N=C(C)C. The van der Waals surface area contributed by atoms with Crippen molar-refractivity contribution in [2.45, 2.75) is 13.8 Å². The van der Waals surface area contributed by atoms with Crippen molar-refractivity contribution in [3.05, 3.63) is 10.4 Å². The third-order valence-corrected chi connectivity index (χ3v) is 1.38. The number of H-pyrrole nitrogens is 1. The van der Waals surface area contributed by atoms with Gasteiger partial charge in [0.25, 0.3) is 5.56 Å². The molecule has 0 amide bonds. The molecule has 0 aromatic carbocycles. The van der Waals surface area contributed by atoms with Gasteiger partial charge in [0.15, 0.2) is 11.5 Å². The second kappa shape index (κ2) is 3.82. The van der Waals surface area contributed by atoms with E-state index in [4.69, 9.17) is 5.73 Å². The molecule has 3 N–H and O–H groups in total. The van der Waals surface area contributed by atoms with Crippen molar-refractivity contribution in [1.29, 1.82) is 0 Å². The molecule has 0 saturated heterocycles. The number of hydrogen-bond donors (Lipinski definition) is 2. The third kappa shape index (κ3) is 2.03. The number of nitrogens with two attached hydrogens (primary N) is 1. The second-order valence-electron chi connectivity index (χ2n) is 2.84. The molecule has 0 spiro atoms. The number of nitrogens with zero attached hydrogens (tertiary/aromatic N) is 3. The Kier molecular flexibility index (Phi) is 2.76. The van der Waals surface area contributed by atoms with Crippen LogP contribution in [0.3, 0.4) is 0 Å². The summed E-state index contributed by atoms with van der Waals surface area (Å²) < 4.78 is 0. The van der Waals surface area contributed by atoms with Crippen LogP contribution in [0.15, 0.2) is 14.8 Å².